The van der Waals surface area contributed by atoms with Crippen LogP contribution in [0.1, 0.15) is 42.1 Å². The summed E-state index contributed by atoms with van der Waals surface area (Å²) in [6.07, 6.45) is 4.11. The predicted octanol–water partition coefficient (Wildman–Crippen LogP) is 3.68. The fraction of sp³-hybridized carbons (Fsp3) is 0.350. The van der Waals surface area contributed by atoms with E-state index in [1.807, 2.05) is 24.0 Å². The number of hydrogen-bond acceptors (Lipinski definition) is 3. The molecule has 0 atom stereocenters. The van der Waals surface area contributed by atoms with Crippen LogP contribution in [-0.4, -0.2) is 32.3 Å². The first-order chi connectivity index (χ1) is 12.5. The third-order valence-electron chi connectivity index (χ3n) is 4.67. The van der Waals surface area contributed by atoms with E-state index >= 15 is 0 Å². The highest BCUT2D eigenvalue weighted by Crippen LogP contribution is 2.19. The van der Waals surface area contributed by atoms with E-state index in [2.05, 4.69) is 4.72 Å². The maximum Gasteiger partial charge on any atom is 0.261 e. The molecule has 1 aliphatic heterocycles. The topological polar surface area (TPSA) is 66.5 Å². The molecule has 0 radical (unpaired) electrons. The van der Waals surface area contributed by atoms with E-state index < -0.39 is 10.0 Å². The SMILES string of the molecule is CCc1ccc(NS(=O)(=O)c2ccc(C(=O)N3CCCCC3)cc2)cc1. The van der Waals surface area contributed by atoms with Crippen LogP contribution in [0.3, 0.4) is 0 Å². The number of benzene rings is 2. The number of piperidine rings is 1. The molecule has 1 fully saturated rings. The number of anilines is 1. The minimum atomic E-state index is -3.68. The highest BCUT2D eigenvalue weighted by Gasteiger charge is 2.19. The van der Waals surface area contributed by atoms with Crippen molar-refractivity contribution < 1.29 is 13.2 Å². The number of carbonyl (C=O) groups excluding carboxylic acids is 1. The summed E-state index contributed by atoms with van der Waals surface area (Å²) in [7, 11) is -3.68. The monoisotopic (exact) mass is 372 g/mol. The second-order valence-electron chi connectivity index (χ2n) is 6.53. The Bertz CT molecular complexity index is 853. The van der Waals surface area contributed by atoms with Crippen molar-refractivity contribution in [1.29, 1.82) is 0 Å². The van der Waals surface area contributed by atoms with Crippen molar-refractivity contribution in [2.24, 2.45) is 0 Å². The van der Waals surface area contributed by atoms with Crippen molar-refractivity contribution in [3.05, 3.63) is 59.7 Å². The van der Waals surface area contributed by atoms with E-state index in [0.29, 0.717) is 11.3 Å². The summed E-state index contributed by atoms with van der Waals surface area (Å²) in [6.45, 7) is 3.59. The van der Waals surface area contributed by atoms with Gasteiger partial charge >= 0.3 is 0 Å². The van der Waals surface area contributed by atoms with E-state index in [1.165, 1.54) is 12.1 Å². The molecule has 1 amide bonds. The van der Waals surface area contributed by atoms with Gasteiger partial charge in [-0.05, 0) is 67.6 Å². The number of carbonyl (C=O) groups is 1. The van der Waals surface area contributed by atoms with Crippen molar-refractivity contribution >= 4 is 21.6 Å². The molecule has 0 aliphatic carbocycles. The van der Waals surface area contributed by atoms with Crippen LogP contribution in [0.15, 0.2) is 53.4 Å². The molecule has 138 valence electrons. The number of likely N-dealkylation sites (tertiary alicyclic amines) is 1. The number of amides is 1. The summed E-state index contributed by atoms with van der Waals surface area (Å²) in [6, 6.07) is 13.5. The minimum absolute atomic E-state index is 0.0308. The zero-order valence-corrected chi connectivity index (χ0v) is 15.8. The standard InChI is InChI=1S/C20H24N2O3S/c1-2-16-6-10-18(11-7-16)21-26(24,25)19-12-8-17(9-13-19)20(23)22-14-4-3-5-15-22/h6-13,21H,2-5,14-15H2,1H3. The molecular formula is C20H24N2O3S. The van der Waals surface area contributed by atoms with Gasteiger partial charge in [0, 0.05) is 24.3 Å². The number of nitrogens with zero attached hydrogens (tertiary/aromatic N) is 1. The van der Waals surface area contributed by atoms with Crippen molar-refractivity contribution in [3.8, 4) is 0 Å². The van der Waals surface area contributed by atoms with E-state index in [1.54, 1.807) is 24.3 Å². The molecular weight excluding hydrogens is 348 g/mol. The normalized spacial score (nSPS) is 14.9. The Hall–Kier alpha value is -2.34. The van der Waals surface area contributed by atoms with Gasteiger partial charge in [-0.2, -0.15) is 0 Å². The van der Waals surface area contributed by atoms with Gasteiger partial charge in [-0.1, -0.05) is 19.1 Å². The van der Waals surface area contributed by atoms with Gasteiger partial charge in [0.15, 0.2) is 0 Å². The Morgan fingerprint density at radius 3 is 2.15 bits per heavy atom. The van der Waals surface area contributed by atoms with Gasteiger partial charge in [0.05, 0.1) is 4.90 Å². The van der Waals surface area contributed by atoms with Crippen molar-refractivity contribution in [2.75, 3.05) is 17.8 Å². The zero-order chi connectivity index (χ0) is 18.6. The number of rotatable bonds is 5. The maximum absolute atomic E-state index is 12.5. The maximum atomic E-state index is 12.5. The first-order valence-electron chi connectivity index (χ1n) is 9.01. The Labute approximate surface area is 155 Å². The molecule has 26 heavy (non-hydrogen) atoms. The number of sulfonamides is 1. The Kier molecular flexibility index (Phi) is 5.61. The molecule has 2 aromatic rings. The van der Waals surface area contributed by atoms with Gasteiger partial charge in [-0.15, -0.1) is 0 Å². The zero-order valence-electron chi connectivity index (χ0n) is 14.9. The summed E-state index contributed by atoms with van der Waals surface area (Å²) < 4.78 is 27.6. The van der Waals surface area contributed by atoms with E-state index in [9.17, 15) is 13.2 Å². The van der Waals surface area contributed by atoms with Gasteiger partial charge in [0.1, 0.15) is 0 Å². The molecule has 1 saturated heterocycles. The molecule has 0 unspecified atom stereocenters. The van der Waals surface area contributed by atoms with Crippen molar-refractivity contribution in [2.45, 2.75) is 37.5 Å². The Morgan fingerprint density at radius 1 is 0.962 bits per heavy atom. The second-order valence-corrected chi connectivity index (χ2v) is 8.22. The van der Waals surface area contributed by atoms with Crippen LogP contribution in [0.4, 0.5) is 5.69 Å². The van der Waals surface area contributed by atoms with Gasteiger partial charge in [-0.3, -0.25) is 9.52 Å². The van der Waals surface area contributed by atoms with Crippen LogP contribution in [0.25, 0.3) is 0 Å². The molecule has 6 heteroatoms. The second kappa shape index (κ2) is 7.91. The smallest absolute Gasteiger partial charge is 0.261 e. The largest absolute Gasteiger partial charge is 0.339 e. The Morgan fingerprint density at radius 2 is 1.58 bits per heavy atom. The van der Waals surface area contributed by atoms with Gasteiger partial charge in [-0.25, -0.2) is 8.42 Å². The first-order valence-corrected chi connectivity index (χ1v) is 10.5. The van der Waals surface area contributed by atoms with E-state index in [-0.39, 0.29) is 10.8 Å². The summed E-state index contributed by atoms with van der Waals surface area (Å²) in [5.74, 6) is -0.0308. The number of nitrogens with one attached hydrogen (secondary N) is 1. The molecule has 1 heterocycles. The molecule has 5 nitrogen and oxygen atoms in total. The fourth-order valence-electron chi connectivity index (χ4n) is 3.08. The lowest BCUT2D eigenvalue weighted by Crippen LogP contribution is -2.35. The lowest BCUT2D eigenvalue weighted by molar-refractivity contribution is 0.0724. The molecule has 1 aliphatic rings. The third kappa shape index (κ3) is 4.25. The van der Waals surface area contributed by atoms with E-state index in [4.69, 9.17) is 0 Å². The number of hydrogen-bond donors (Lipinski definition) is 1. The van der Waals surface area contributed by atoms with Gasteiger partial charge in [0.25, 0.3) is 15.9 Å². The van der Waals surface area contributed by atoms with Crippen LogP contribution in [0.2, 0.25) is 0 Å². The highest BCUT2D eigenvalue weighted by atomic mass is 32.2. The van der Waals surface area contributed by atoms with Crippen molar-refractivity contribution in [3.63, 3.8) is 0 Å². The van der Waals surface area contributed by atoms with Crippen LogP contribution >= 0.6 is 0 Å². The van der Waals surface area contributed by atoms with E-state index in [0.717, 1.165) is 44.3 Å². The van der Waals surface area contributed by atoms with Gasteiger partial charge in [0.2, 0.25) is 0 Å². The van der Waals surface area contributed by atoms with Crippen molar-refractivity contribution in [1.82, 2.24) is 4.90 Å². The van der Waals surface area contributed by atoms with Gasteiger partial charge < -0.3 is 4.90 Å². The van der Waals surface area contributed by atoms with Crippen LogP contribution in [0, 0.1) is 0 Å². The molecule has 0 spiro atoms. The lowest BCUT2D eigenvalue weighted by atomic mass is 10.1. The van der Waals surface area contributed by atoms with Crippen LogP contribution < -0.4 is 4.72 Å². The molecule has 0 saturated carbocycles. The minimum Gasteiger partial charge on any atom is -0.339 e. The number of aryl methyl sites for hydroxylation is 1. The summed E-state index contributed by atoms with van der Waals surface area (Å²) in [5, 5.41) is 0. The molecule has 1 N–H and O–H groups in total. The lowest BCUT2D eigenvalue weighted by Gasteiger charge is -2.26. The molecule has 2 aromatic carbocycles. The fourth-order valence-corrected chi connectivity index (χ4v) is 4.14. The average molecular weight is 372 g/mol. The molecule has 0 bridgehead atoms. The first kappa shape index (κ1) is 18.5. The summed E-state index contributed by atoms with van der Waals surface area (Å²) in [4.78, 5) is 14.5. The van der Waals surface area contributed by atoms with Crippen LogP contribution in [-0.2, 0) is 16.4 Å². The molecule has 0 aromatic heterocycles. The average Bonchev–Trinajstić information content (AvgIpc) is 2.68. The molecule has 3 rings (SSSR count). The van der Waals surface area contributed by atoms with Crippen LogP contribution in [0.5, 0.6) is 0 Å². The Balaban J connectivity index is 1.72. The summed E-state index contributed by atoms with van der Waals surface area (Å²) in [5.41, 5.74) is 2.20. The third-order valence-corrected chi connectivity index (χ3v) is 6.07. The highest BCUT2D eigenvalue weighted by molar-refractivity contribution is 7.92. The quantitative estimate of drug-likeness (QED) is 0.871. The summed E-state index contributed by atoms with van der Waals surface area (Å²) >= 11 is 0. The predicted molar refractivity (Wildman–Crippen MR) is 103 cm³/mol.